The summed E-state index contributed by atoms with van der Waals surface area (Å²) in [5.74, 6) is -0.126. The quantitative estimate of drug-likeness (QED) is 0.643. The molecule has 0 N–H and O–H groups in total. The van der Waals surface area contributed by atoms with Crippen LogP contribution in [0.25, 0.3) is 0 Å². The molecule has 6 nitrogen and oxygen atoms in total. The Balaban J connectivity index is 1.66. The van der Waals surface area contributed by atoms with E-state index in [-0.39, 0.29) is 5.82 Å². The minimum atomic E-state index is -0.487. The predicted octanol–water partition coefficient (Wildman–Crippen LogP) is 2.97. The van der Waals surface area contributed by atoms with Gasteiger partial charge < -0.3 is 19.9 Å². The average Bonchev–Trinajstić information content (AvgIpc) is 2.56. The van der Waals surface area contributed by atoms with E-state index in [1.54, 1.807) is 12.3 Å². The second-order valence-corrected chi connectivity index (χ2v) is 5.46. The third kappa shape index (κ3) is 2.96. The highest BCUT2D eigenvalue weighted by Gasteiger charge is 2.20. The Morgan fingerprint density at radius 2 is 1.73 bits per heavy atom. The Morgan fingerprint density at radius 3 is 2.32 bits per heavy atom. The Bertz CT molecular complexity index is 669. The number of benzene rings is 1. The predicted molar refractivity (Wildman–Crippen MR) is 86.8 cm³/mol. The van der Waals surface area contributed by atoms with Crippen molar-refractivity contribution in [3.05, 3.63) is 57.7 Å². The van der Waals surface area contributed by atoms with Crippen LogP contribution in [0.2, 0.25) is 5.02 Å². The van der Waals surface area contributed by atoms with Gasteiger partial charge in [0.05, 0.1) is 16.4 Å². The standard InChI is InChI=1S/C15H15ClN4O2/c16-13-3-1-2-4-14(13)19-9-7-18(8-10-19)12-5-6-15(17-11-12)20(21)22/h1-6,11H,7-10H2. The molecule has 0 atom stereocenters. The summed E-state index contributed by atoms with van der Waals surface area (Å²) in [4.78, 5) is 18.4. The second-order valence-electron chi connectivity index (χ2n) is 5.06. The zero-order valence-electron chi connectivity index (χ0n) is 11.9. The van der Waals surface area contributed by atoms with E-state index in [0.717, 1.165) is 42.6 Å². The first-order valence-corrected chi connectivity index (χ1v) is 7.38. The topological polar surface area (TPSA) is 62.5 Å². The Kier molecular flexibility index (Phi) is 4.11. The van der Waals surface area contributed by atoms with Crippen molar-refractivity contribution in [2.45, 2.75) is 0 Å². The molecule has 0 aliphatic carbocycles. The van der Waals surface area contributed by atoms with E-state index in [4.69, 9.17) is 11.6 Å². The molecule has 0 amide bonds. The number of nitro groups is 1. The molecular weight excluding hydrogens is 304 g/mol. The van der Waals surface area contributed by atoms with E-state index in [0.29, 0.717) is 0 Å². The van der Waals surface area contributed by atoms with Crippen LogP contribution in [0.4, 0.5) is 17.2 Å². The smallest absolute Gasteiger partial charge is 0.363 e. The van der Waals surface area contributed by atoms with Gasteiger partial charge in [-0.05, 0) is 28.1 Å². The van der Waals surface area contributed by atoms with E-state index in [1.807, 2.05) is 24.3 Å². The molecule has 114 valence electrons. The normalized spacial score (nSPS) is 15.0. The molecule has 7 heteroatoms. The lowest BCUT2D eigenvalue weighted by Crippen LogP contribution is -2.46. The first kappa shape index (κ1) is 14.6. The van der Waals surface area contributed by atoms with Crippen molar-refractivity contribution in [2.24, 2.45) is 0 Å². The van der Waals surface area contributed by atoms with Crippen molar-refractivity contribution < 1.29 is 4.92 Å². The summed E-state index contributed by atoms with van der Waals surface area (Å²) in [5.41, 5.74) is 1.95. The average molecular weight is 319 g/mol. The fraction of sp³-hybridized carbons (Fsp3) is 0.267. The summed E-state index contributed by atoms with van der Waals surface area (Å²) in [6, 6.07) is 11.0. The summed E-state index contributed by atoms with van der Waals surface area (Å²) < 4.78 is 0. The molecule has 2 aromatic rings. The maximum absolute atomic E-state index is 10.6. The van der Waals surface area contributed by atoms with Gasteiger partial charge in [0.1, 0.15) is 0 Å². The highest BCUT2D eigenvalue weighted by molar-refractivity contribution is 6.33. The van der Waals surface area contributed by atoms with E-state index in [2.05, 4.69) is 14.8 Å². The number of halogens is 1. The molecular formula is C15H15ClN4O2. The molecule has 1 aliphatic heterocycles. The van der Waals surface area contributed by atoms with Gasteiger partial charge in [-0.3, -0.25) is 0 Å². The Labute approximate surface area is 133 Å². The number of aromatic nitrogens is 1. The Hall–Kier alpha value is -2.34. The van der Waals surface area contributed by atoms with Crippen LogP contribution in [-0.4, -0.2) is 36.1 Å². The van der Waals surface area contributed by atoms with Gasteiger partial charge >= 0.3 is 5.82 Å². The number of hydrogen-bond donors (Lipinski definition) is 0. The van der Waals surface area contributed by atoms with E-state index >= 15 is 0 Å². The summed E-state index contributed by atoms with van der Waals surface area (Å²) in [5, 5.41) is 11.4. The highest BCUT2D eigenvalue weighted by Crippen LogP contribution is 2.27. The van der Waals surface area contributed by atoms with Crippen LogP contribution in [0, 0.1) is 10.1 Å². The van der Waals surface area contributed by atoms with Crippen molar-refractivity contribution in [1.82, 2.24) is 4.98 Å². The molecule has 0 spiro atoms. The van der Waals surface area contributed by atoms with Crippen molar-refractivity contribution in [3.8, 4) is 0 Å². The van der Waals surface area contributed by atoms with Crippen LogP contribution < -0.4 is 9.80 Å². The third-order valence-electron chi connectivity index (χ3n) is 3.76. The van der Waals surface area contributed by atoms with Crippen LogP contribution in [0.15, 0.2) is 42.6 Å². The number of piperazine rings is 1. The van der Waals surface area contributed by atoms with Crippen LogP contribution in [0.3, 0.4) is 0 Å². The lowest BCUT2D eigenvalue weighted by Gasteiger charge is -2.37. The lowest BCUT2D eigenvalue weighted by molar-refractivity contribution is -0.389. The number of hydrogen-bond acceptors (Lipinski definition) is 5. The zero-order valence-corrected chi connectivity index (χ0v) is 12.6. The Morgan fingerprint density at radius 1 is 1.05 bits per heavy atom. The van der Waals surface area contributed by atoms with Gasteiger partial charge in [0.15, 0.2) is 6.20 Å². The molecule has 3 rings (SSSR count). The summed E-state index contributed by atoms with van der Waals surface area (Å²) in [7, 11) is 0. The second kappa shape index (κ2) is 6.19. The number of nitrogens with zero attached hydrogens (tertiary/aromatic N) is 4. The van der Waals surface area contributed by atoms with Gasteiger partial charge in [0.2, 0.25) is 0 Å². The number of para-hydroxylation sites is 1. The van der Waals surface area contributed by atoms with Crippen molar-refractivity contribution in [3.63, 3.8) is 0 Å². The van der Waals surface area contributed by atoms with E-state index < -0.39 is 4.92 Å². The maximum Gasteiger partial charge on any atom is 0.363 e. The molecule has 1 aromatic heterocycles. The van der Waals surface area contributed by atoms with Gasteiger partial charge in [-0.1, -0.05) is 23.7 Å². The number of pyridine rings is 1. The van der Waals surface area contributed by atoms with Crippen LogP contribution in [0.1, 0.15) is 0 Å². The highest BCUT2D eigenvalue weighted by atomic mass is 35.5. The van der Waals surface area contributed by atoms with Crippen molar-refractivity contribution in [2.75, 3.05) is 36.0 Å². The third-order valence-corrected chi connectivity index (χ3v) is 4.08. The first-order valence-electron chi connectivity index (χ1n) is 7.00. The minimum Gasteiger partial charge on any atom is -0.367 e. The summed E-state index contributed by atoms with van der Waals surface area (Å²) in [6.45, 7) is 3.34. The van der Waals surface area contributed by atoms with Crippen molar-refractivity contribution in [1.29, 1.82) is 0 Å². The molecule has 0 radical (unpaired) electrons. The van der Waals surface area contributed by atoms with Gasteiger partial charge in [-0.2, -0.15) is 0 Å². The molecule has 1 saturated heterocycles. The van der Waals surface area contributed by atoms with Gasteiger partial charge in [-0.15, -0.1) is 0 Å². The van der Waals surface area contributed by atoms with Crippen LogP contribution in [0.5, 0.6) is 0 Å². The van der Waals surface area contributed by atoms with Crippen molar-refractivity contribution >= 4 is 28.8 Å². The maximum atomic E-state index is 10.6. The zero-order chi connectivity index (χ0) is 15.5. The van der Waals surface area contributed by atoms with E-state index in [9.17, 15) is 10.1 Å². The largest absolute Gasteiger partial charge is 0.367 e. The van der Waals surface area contributed by atoms with Gasteiger partial charge in [0, 0.05) is 32.2 Å². The number of rotatable bonds is 3. The number of anilines is 2. The molecule has 1 aromatic carbocycles. The summed E-state index contributed by atoms with van der Waals surface area (Å²) in [6.07, 6.45) is 1.56. The van der Waals surface area contributed by atoms with Crippen LogP contribution >= 0.6 is 11.6 Å². The molecule has 0 saturated carbocycles. The summed E-state index contributed by atoms with van der Waals surface area (Å²) >= 11 is 6.23. The fourth-order valence-corrected chi connectivity index (χ4v) is 2.84. The first-order chi connectivity index (χ1) is 10.6. The van der Waals surface area contributed by atoms with E-state index in [1.165, 1.54) is 6.07 Å². The molecule has 22 heavy (non-hydrogen) atoms. The lowest BCUT2D eigenvalue weighted by atomic mass is 10.2. The fourth-order valence-electron chi connectivity index (χ4n) is 2.59. The molecule has 2 heterocycles. The van der Waals surface area contributed by atoms with Gasteiger partial charge in [-0.25, -0.2) is 0 Å². The minimum absolute atomic E-state index is 0.126. The molecule has 0 unspecified atom stereocenters. The molecule has 1 aliphatic rings. The van der Waals surface area contributed by atoms with Crippen LogP contribution in [-0.2, 0) is 0 Å². The molecule has 1 fully saturated rings. The monoisotopic (exact) mass is 318 g/mol. The molecule has 0 bridgehead atoms. The van der Waals surface area contributed by atoms with Gasteiger partial charge in [0.25, 0.3) is 0 Å². The SMILES string of the molecule is O=[N+]([O-])c1ccc(N2CCN(c3ccccc3Cl)CC2)cn1.